The summed E-state index contributed by atoms with van der Waals surface area (Å²) >= 11 is 0. The second-order valence-electron chi connectivity index (χ2n) is 8.66. The Kier molecular flexibility index (Phi) is 5.92. The standard InChI is InChI=1S/C27H30N4O2/c1-33-25-10-6-5-9-24(25)30-16-13-29(14-17-30)15-18-31-26(20-7-3-2-4-8-20)22-12-11-21(28)19-23(22)27(31)32/h2-12,19,26H,13-18,28H2,1H3. The van der Waals surface area contributed by atoms with Crippen molar-refractivity contribution in [3.05, 3.63) is 89.5 Å². The van der Waals surface area contributed by atoms with Crippen LogP contribution < -0.4 is 15.4 Å². The molecule has 0 aliphatic carbocycles. The van der Waals surface area contributed by atoms with E-state index in [1.807, 2.05) is 53.4 Å². The number of fused-ring (bicyclic) bond motifs is 1. The molecule has 2 heterocycles. The monoisotopic (exact) mass is 442 g/mol. The molecule has 2 aliphatic heterocycles. The van der Waals surface area contributed by atoms with Gasteiger partial charge in [0.25, 0.3) is 5.91 Å². The number of nitrogens with zero attached hydrogens (tertiary/aromatic N) is 3. The zero-order valence-electron chi connectivity index (χ0n) is 19.0. The van der Waals surface area contributed by atoms with Crippen molar-refractivity contribution in [2.45, 2.75) is 6.04 Å². The Bertz CT molecular complexity index is 1130. The molecule has 3 aromatic rings. The molecule has 3 aromatic carbocycles. The molecule has 0 radical (unpaired) electrons. The summed E-state index contributed by atoms with van der Waals surface area (Å²) < 4.78 is 5.54. The first-order valence-electron chi connectivity index (χ1n) is 11.5. The van der Waals surface area contributed by atoms with Crippen LogP contribution in [0, 0.1) is 0 Å². The number of nitrogens with two attached hydrogens (primary N) is 1. The maximum atomic E-state index is 13.3. The van der Waals surface area contributed by atoms with Crippen molar-refractivity contribution in [3.63, 3.8) is 0 Å². The number of carbonyl (C=O) groups excluding carboxylic acids is 1. The molecule has 0 saturated carbocycles. The van der Waals surface area contributed by atoms with Crippen LogP contribution >= 0.6 is 0 Å². The van der Waals surface area contributed by atoms with Crippen LogP contribution in [0.2, 0.25) is 0 Å². The third kappa shape index (κ3) is 4.14. The van der Waals surface area contributed by atoms with Crippen LogP contribution in [-0.4, -0.2) is 62.1 Å². The van der Waals surface area contributed by atoms with Gasteiger partial charge in [0.2, 0.25) is 0 Å². The summed E-state index contributed by atoms with van der Waals surface area (Å²) in [7, 11) is 1.72. The second-order valence-corrected chi connectivity index (χ2v) is 8.66. The summed E-state index contributed by atoms with van der Waals surface area (Å²) in [5.74, 6) is 0.982. The van der Waals surface area contributed by atoms with Crippen molar-refractivity contribution >= 4 is 17.3 Å². The molecule has 33 heavy (non-hydrogen) atoms. The molecule has 0 bridgehead atoms. The van der Waals surface area contributed by atoms with Crippen molar-refractivity contribution in [1.82, 2.24) is 9.80 Å². The number of methoxy groups -OCH3 is 1. The Morgan fingerprint density at radius 1 is 0.909 bits per heavy atom. The Labute approximate surface area is 195 Å². The Hall–Kier alpha value is -3.51. The number of benzene rings is 3. The highest BCUT2D eigenvalue weighted by molar-refractivity contribution is 6.00. The van der Waals surface area contributed by atoms with Crippen LogP contribution in [0.3, 0.4) is 0 Å². The van der Waals surface area contributed by atoms with E-state index in [0.29, 0.717) is 12.2 Å². The van der Waals surface area contributed by atoms with Crippen molar-refractivity contribution in [3.8, 4) is 5.75 Å². The molecule has 2 aliphatic rings. The van der Waals surface area contributed by atoms with Gasteiger partial charge in [-0.25, -0.2) is 0 Å². The van der Waals surface area contributed by atoms with E-state index in [1.54, 1.807) is 7.11 Å². The first kappa shape index (κ1) is 21.3. The van der Waals surface area contributed by atoms with Gasteiger partial charge in [-0.05, 0) is 35.4 Å². The number of piperazine rings is 1. The van der Waals surface area contributed by atoms with Crippen LogP contribution in [0.25, 0.3) is 0 Å². The minimum atomic E-state index is -0.0656. The molecule has 0 aromatic heterocycles. The molecule has 1 fully saturated rings. The minimum absolute atomic E-state index is 0.0656. The number of rotatable bonds is 6. The van der Waals surface area contributed by atoms with Crippen molar-refractivity contribution in [1.29, 1.82) is 0 Å². The summed E-state index contributed by atoms with van der Waals surface area (Å²) in [5.41, 5.74) is 10.7. The summed E-state index contributed by atoms with van der Waals surface area (Å²) in [6.07, 6.45) is 0. The maximum absolute atomic E-state index is 13.3. The third-order valence-electron chi connectivity index (χ3n) is 6.75. The zero-order chi connectivity index (χ0) is 22.8. The number of carbonyl (C=O) groups is 1. The van der Waals surface area contributed by atoms with Crippen LogP contribution in [0.5, 0.6) is 5.75 Å². The molecular weight excluding hydrogens is 412 g/mol. The molecule has 1 amide bonds. The van der Waals surface area contributed by atoms with Crippen LogP contribution in [0.1, 0.15) is 27.5 Å². The lowest BCUT2D eigenvalue weighted by molar-refractivity contribution is 0.0725. The van der Waals surface area contributed by atoms with Crippen LogP contribution in [0.4, 0.5) is 11.4 Å². The Morgan fingerprint density at radius 2 is 1.64 bits per heavy atom. The molecule has 2 N–H and O–H groups in total. The first-order valence-corrected chi connectivity index (χ1v) is 11.5. The fourth-order valence-electron chi connectivity index (χ4n) is 5.02. The number of hydrogen-bond acceptors (Lipinski definition) is 5. The fraction of sp³-hybridized carbons (Fsp3) is 0.296. The predicted octanol–water partition coefficient (Wildman–Crippen LogP) is 3.64. The van der Waals surface area contributed by atoms with Crippen molar-refractivity contribution in [2.75, 3.05) is 57.0 Å². The molecule has 6 heteroatoms. The summed E-state index contributed by atoms with van der Waals surface area (Å²) in [5, 5.41) is 0. The number of para-hydroxylation sites is 2. The Balaban J connectivity index is 1.28. The zero-order valence-corrected chi connectivity index (χ0v) is 19.0. The highest BCUT2D eigenvalue weighted by Crippen LogP contribution is 2.39. The van der Waals surface area contributed by atoms with Crippen LogP contribution in [-0.2, 0) is 0 Å². The van der Waals surface area contributed by atoms with E-state index in [1.165, 1.54) is 0 Å². The minimum Gasteiger partial charge on any atom is -0.495 e. The van der Waals surface area contributed by atoms with E-state index >= 15 is 0 Å². The molecule has 1 saturated heterocycles. The lowest BCUT2D eigenvalue weighted by Crippen LogP contribution is -2.49. The average molecular weight is 443 g/mol. The van der Waals surface area contributed by atoms with Crippen molar-refractivity contribution in [2.24, 2.45) is 0 Å². The topological polar surface area (TPSA) is 62.0 Å². The largest absolute Gasteiger partial charge is 0.495 e. The lowest BCUT2D eigenvalue weighted by atomic mass is 9.97. The molecule has 5 rings (SSSR count). The smallest absolute Gasteiger partial charge is 0.255 e. The quantitative estimate of drug-likeness (QED) is 0.591. The summed E-state index contributed by atoms with van der Waals surface area (Å²) in [6.45, 7) is 5.31. The fourth-order valence-corrected chi connectivity index (χ4v) is 5.02. The molecule has 1 atom stereocenters. The highest BCUT2D eigenvalue weighted by atomic mass is 16.5. The van der Waals surface area contributed by atoms with Gasteiger partial charge in [0.05, 0.1) is 18.8 Å². The van der Waals surface area contributed by atoms with Gasteiger partial charge in [0.1, 0.15) is 5.75 Å². The highest BCUT2D eigenvalue weighted by Gasteiger charge is 2.37. The van der Waals surface area contributed by atoms with E-state index in [4.69, 9.17) is 10.5 Å². The number of hydrogen-bond donors (Lipinski definition) is 1. The number of anilines is 2. The summed E-state index contributed by atoms with van der Waals surface area (Å²) in [6, 6.07) is 24.1. The van der Waals surface area contributed by atoms with E-state index in [2.05, 4.69) is 34.1 Å². The van der Waals surface area contributed by atoms with E-state index in [-0.39, 0.29) is 11.9 Å². The van der Waals surface area contributed by atoms with Gasteiger partial charge in [-0.15, -0.1) is 0 Å². The maximum Gasteiger partial charge on any atom is 0.255 e. The summed E-state index contributed by atoms with van der Waals surface area (Å²) in [4.78, 5) is 20.2. The van der Waals surface area contributed by atoms with E-state index in [9.17, 15) is 4.79 Å². The normalized spacial score (nSPS) is 18.5. The SMILES string of the molecule is COc1ccccc1N1CCN(CCN2C(=O)c3cc(N)ccc3C2c2ccccc2)CC1. The van der Waals surface area contributed by atoms with Gasteiger partial charge in [-0.1, -0.05) is 48.5 Å². The number of amides is 1. The van der Waals surface area contributed by atoms with Gasteiger partial charge < -0.3 is 20.3 Å². The van der Waals surface area contributed by atoms with Gasteiger partial charge in [0.15, 0.2) is 0 Å². The molecule has 1 unspecified atom stereocenters. The third-order valence-corrected chi connectivity index (χ3v) is 6.75. The molecular formula is C27H30N4O2. The van der Waals surface area contributed by atoms with Crippen molar-refractivity contribution < 1.29 is 9.53 Å². The van der Waals surface area contributed by atoms with E-state index in [0.717, 1.165) is 60.9 Å². The van der Waals surface area contributed by atoms with Gasteiger partial charge in [-0.2, -0.15) is 0 Å². The van der Waals surface area contributed by atoms with Gasteiger partial charge in [0, 0.05) is 50.5 Å². The van der Waals surface area contributed by atoms with Crippen LogP contribution in [0.15, 0.2) is 72.8 Å². The predicted molar refractivity (Wildman–Crippen MR) is 132 cm³/mol. The molecule has 0 spiro atoms. The van der Waals surface area contributed by atoms with E-state index < -0.39 is 0 Å². The number of nitrogen functional groups attached to an aromatic ring is 1. The van der Waals surface area contributed by atoms with Gasteiger partial charge >= 0.3 is 0 Å². The average Bonchev–Trinajstić information content (AvgIpc) is 3.14. The first-order chi connectivity index (χ1) is 16.2. The molecule has 170 valence electrons. The second kappa shape index (κ2) is 9.16. The Morgan fingerprint density at radius 3 is 2.39 bits per heavy atom. The van der Waals surface area contributed by atoms with Gasteiger partial charge in [-0.3, -0.25) is 9.69 Å². The lowest BCUT2D eigenvalue weighted by Gasteiger charge is -2.37. The molecule has 6 nitrogen and oxygen atoms in total. The number of ether oxygens (including phenoxy) is 1.